The number of nitrogens with zero attached hydrogens (tertiary/aromatic N) is 3. The van der Waals surface area contributed by atoms with Crippen LogP contribution in [-0.2, 0) is 11.0 Å². The number of methoxy groups -OCH3 is 1. The van der Waals surface area contributed by atoms with Crippen molar-refractivity contribution in [1.29, 1.82) is 0 Å². The fourth-order valence-electron chi connectivity index (χ4n) is 4.00. The van der Waals surface area contributed by atoms with Crippen molar-refractivity contribution in [3.05, 3.63) is 71.2 Å². The number of aromatic nitrogens is 2. The Kier molecular flexibility index (Phi) is 7.65. The zero-order valence-electron chi connectivity index (χ0n) is 20.1. The van der Waals surface area contributed by atoms with Gasteiger partial charge in [-0.1, -0.05) is 12.1 Å². The van der Waals surface area contributed by atoms with Crippen molar-refractivity contribution in [3.63, 3.8) is 0 Å². The first-order valence-electron chi connectivity index (χ1n) is 11.5. The summed E-state index contributed by atoms with van der Waals surface area (Å²) in [5.41, 5.74) is -0.485. The maximum Gasteiger partial charge on any atom is 0.416 e. The second-order valence-corrected chi connectivity index (χ2v) is 8.42. The molecule has 0 spiro atoms. The number of alkyl halides is 3. The number of nitrogens with one attached hydrogen (secondary N) is 2. The Labute approximate surface area is 214 Å². The average Bonchev–Trinajstić information content (AvgIpc) is 3.41. The molecular formula is C25H23F4N5O4. The molecule has 1 saturated heterocycles. The first-order chi connectivity index (χ1) is 18.1. The van der Waals surface area contributed by atoms with Gasteiger partial charge < -0.3 is 19.9 Å². The lowest BCUT2D eigenvalue weighted by Gasteiger charge is -2.35. The van der Waals surface area contributed by atoms with Gasteiger partial charge in [-0.05, 0) is 36.4 Å². The van der Waals surface area contributed by atoms with Crippen LogP contribution in [-0.4, -0.2) is 77.6 Å². The van der Waals surface area contributed by atoms with Crippen LogP contribution < -0.4 is 10.1 Å². The minimum absolute atomic E-state index is 0.00413. The number of para-hydroxylation sites is 1. The van der Waals surface area contributed by atoms with Crippen LogP contribution in [0.3, 0.4) is 0 Å². The molecule has 2 heterocycles. The number of hydrogen-bond donors (Lipinski definition) is 2. The van der Waals surface area contributed by atoms with Gasteiger partial charge in [-0.25, -0.2) is 4.39 Å². The zero-order valence-corrected chi connectivity index (χ0v) is 20.1. The van der Waals surface area contributed by atoms with E-state index in [1.165, 1.54) is 23.0 Å². The van der Waals surface area contributed by atoms with E-state index in [-0.39, 0.29) is 38.4 Å². The predicted molar refractivity (Wildman–Crippen MR) is 127 cm³/mol. The molecular weight excluding hydrogens is 510 g/mol. The number of benzene rings is 2. The lowest BCUT2D eigenvalue weighted by atomic mass is 10.1. The van der Waals surface area contributed by atoms with E-state index in [4.69, 9.17) is 4.74 Å². The van der Waals surface area contributed by atoms with Crippen molar-refractivity contribution >= 4 is 17.7 Å². The Morgan fingerprint density at radius 3 is 2.39 bits per heavy atom. The van der Waals surface area contributed by atoms with Gasteiger partial charge in [0, 0.05) is 31.7 Å². The van der Waals surface area contributed by atoms with E-state index in [0.717, 1.165) is 0 Å². The summed E-state index contributed by atoms with van der Waals surface area (Å²) in [6, 6.07) is 10.4. The van der Waals surface area contributed by atoms with Gasteiger partial charge in [0.15, 0.2) is 5.69 Å². The number of rotatable bonds is 6. The topological polar surface area (TPSA) is 108 Å². The minimum atomic E-state index is -4.72. The van der Waals surface area contributed by atoms with Crippen molar-refractivity contribution in [2.75, 3.05) is 39.8 Å². The standard InChI is InChI=1S/C25H23F4N5O4/c1-38-21-5-3-2-4-16(21)19-13-20(32-31-19)23(36)30-14-22(35)33-8-10-34(11-9-33)24(37)17-12-15(25(27,28)29)6-7-18(17)26/h2-7,12-13H,8-11,14H2,1H3,(H,30,36)(H,31,32). The maximum absolute atomic E-state index is 14.1. The smallest absolute Gasteiger partial charge is 0.416 e. The van der Waals surface area contributed by atoms with Crippen LogP contribution >= 0.6 is 0 Å². The molecule has 200 valence electrons. The van der Waals surface area contributed by atoms with Crippen molar-refractivity contribution in [1.82, 2.24) is 25.3 Å². The molecule has 0 unspecified atom stereocenters. The lowest BCUT2D eigenvalue weighted by molar-refractivity contribution is -0.137. The zero-order chi connectivity index (χ0) is 27.4. The molecule has 0 atom stereocenters. The second-order valence-electron chi connectivity index (χ2n) is 8.42. The van der Waals surface area contributed by atoms with Gasteiger partial charge in [0.25, 0.3) is 11.8 Å². The first-order valence-corrected chi connectivity index (χ1v) is 11.5. The number of piperazine rings is 1. The number of ether oxygens (including phenoxy) is 1. The first kappa shape index (κ1) is 26.6. The molecule has 1 fully saturated rings. The molecule has 1 aliphatic heterocycles. The van der Waals surface area contributed by atoms with Gasteiger partial charge in [0.1, 0.15) is 11.6 Å². The largest absolute Gasteiger partial charge is 0.496 e. The Bertz CT molecular complexity index is 1350. The monoisotopic (exact) mass is 533 g/mol. The van der Waals surface area contributed by atoms with E-state index >= 15 is 0 Å². The van der Waals surface area contributed by atoms with Gasteiger partial charge in [-0.15, -0.1) is 0 Å². The Balaban J connectivity index is 1.30. The number of H-pyrrole nitrogens is 1. The lowest BCUT2D eigenvalue weighted by Crippen LogP contribution is -2.52. The minimum Gasteiger partial charge on any atom is -0.496 e. The summed E-state index contributed by atoms with van der Waals surface area (Å²) >= 11 is 0. The van der Waals surface area contributed by atoms with E-state index in [9.17, 15) is 31.9 Å². The highest BCUT2D eigenvalue weighted by atomic mass is 19.4. The molecule has 0 aliphatic carbocycles. The summed E-state index contributed by atoms with van der Waals surface area (Å²) in [4.78, 5) is 40.3. The van der Waals surface area contributed by atoms with Crippen molar-refractivity contribution in [2.24, 2.45) is 0 Å². The highest BCUT2D eigenvalue weighted by Gasteiger charge is 2.33. The van der Waals surface area contributed by atoms with E-state index in [0.29, 0.717) is 35.2 Å². The van der Waals surface area contributed by atoms with Crippen LogP contribution in [0.25, 0.3) is 11.3 Å². The van der Waals surface area contributed by atoms with Crippen LogP contribution in [0.1, 0.15) is 26.4 Å². The van der Waals surface area contributed by atoms with Gasteiger partial charge in [-0.2, -0.15) is 18.3 Å². The molecule has 3 amide bonds. The average molecular weight is 533 g/mol. The fourth-order valence-corrected chi connectivity index (χ4v) is 4.00. The van der Waals surface area contributed by atoms with Crippen LogP contribution in [0, 0.1) is 5.82 Å². The SMILES string of the molecule is COc1ccccc1-c1cc(C(=O)NCC(=O)N2CCN(C(=O)c3cc(C(F)(F)F)ccc3F)CC2)n[nH]1. The Hall–Kier alpha value is -4.42. The van der Waals surface area contributed by atoms with Crippen LogP contribution in [0.5, 0.6) is 5.75 Å². The quantitative estimate of drug-likeness (QED) is 0.474. The normalized spacial score (nSPS) is 13.8. The number of amides is 3. The molecule has 13 heteroatoms. The molecule has 2 N–H and O–H groups in total. The molecule has 1 aromatic heterocycles. The summed E-state index contributed by atoms with van der Waals surface area (Å²) in [7, 11) is 1.52. The van der Waals surface area contributed by atoms with Crippen molar-refractivity contribution < 1.29 is 36.7 Å². The number of halogens is 4. The molecule has 9 nitrogen and oxygen atoms in total. The van der Waals surface area contributed by atoms with Crippen molar-refractivity contribution in [3.8, 4) is 17.0 Å². The molecule has 0 radical (unpaired) electrons. The summed E-state index contributed by atoms with van der Waals surface area (Å²) in [5, 5.41) is 9.24. The summed E-state index contributed by atoms with van der Waals surface area (Å²) in [5.74, 6) is -2.36. The van der Waals surface area contributed by atoms with Gasteiger partial charge in [0.05, 0.1) is 30.5 Å². The highest BCUT2D eigenvalue weighted by molar-refractivity contribution is 5.96. The van der Waals surface area contributed by atoms with E-state index in [1.54, 1.807) is 24.3 Å². The summed E-state index contributed by atoms with van der Waals surface area (Å²) in [6.07, 6.45) is -4.72. The van der Waals surface area contributed by atoms with Gasteiger partial charge in [-0.3, -0.25) is 19.5 Å². The molecule has 1 aliphatic rings. The van der Waals surface area contributed by atoms with Crippen LogP contribution in [0.15, 0.2) is 48.5 Å². The molecule has 0 saturated carbocycles. The number of carbonyl (C=O) groups is 3. The van der Waals surface area contributed by atoms with E-state index in [2.05, 4.69) is 15.5 Å². The number of hydrogen-bond acceptors (Lipinski definition) is 5. The number of aromatic amines is 1. The second kappa shape index (κ2) is 10.9. The molecule has 0 bridgehead atoms. The summed E-state index contributed by atoms with van der Waals surface area (Å²) in [6.45, 7) is -0.194. The van der Waals surface area contributed by atoms with Crippen LogP contribution in [0.2, 0.25) is 0 Å². The third-order valence-electron chi connectivity index (χ3n) is 6.05. The van der Waals surface area contributed by atoms with E-state index < -0.39 is 40.8 Å². The predicted octanol–water partition coefficient (Wildman–Crippen LogP) is 2.96. The Morgan fingerprint density at radius 2 is 1.71 bits per heavy atom. The van der Waals surface area contributed by atoms with Gasteiger partial charge >= 0.3 is 6.18 Å². The summed E-state index contributed by atoms with van der Waals surface area (Å²) < 4.78 is 58.3. The maximum atomic E-state index is 14.1. The highest BCUT2D eigenvalue weighted by Crippen LogP contribution is 2.31. The van der Waals surface area contributed by atoms with Gasteiger partial charge in [0.2, 0.25) is 5.91 Å². The van der Waals surface area contributed by atoms with E-state index in [1.807, 2.05) is 0 Å². The fraction of sp³-hybridized carbons (Fsp3) is 0.280. The molecule has 38 heavy (non-hydrogen) atoms. The van der Waals surface area contributed by atoms with Crippen molar-refractivity contribution in [2.45, 2.75) is 6.18 Å². The molecule has 3 aromatic rings. The van der Waals surface area contributed by atoms with Crippen LogP contribution in [0.4, 0.5) is 17.6 Å². The number of carbonyl (C=O) groups excluding carboxylic acids is 3. The third kappa shape index (κ3) is 5.76. The molecule has 2 aromatic carbocycles. The third-order valence-corrected chi connectivity index (χ3v) is 6.05. The Morgan fingerprint density at radius 1 is 1.03 bits per heavy atom. The molecule has 4 rings (SSSR count).